The molecule has 0 saturated heterocycles. The minimum absolute atomic E-state index is 0.866. The van der Waals surface area contributed by atoms with Crippen molar-refractivity contribution in [3.05, 3.63) is 58.9 Å². The fourth-order valence-corrected chi connectivity index (χ4v) is 4.63. The molecule has 1 fully saturated rings. The minimum atomic E-state index is 0.866. The maximum absolute atomic E-state index is 4.89. The standard InChI is InChI=1S/C23H27N3/c1-3-21-16(2)20-10-12-24-23(22(20)26(21)14-17-8-9-17)25-13-11-18-6-4-5-7-19(18)15-25/h4-7,10,12,17H,3,8-9,11,13-15H2,1-2H3. The average molecular weight is 345 g/mol. The molecule has 26 heavy (non-hydrogen) atoms. The lowest BCUT2D eigenvalue weighted by Gasteiger charge is -2.30. The van der Waals surface area contributed by atoms with Gasteiger partial charge in [0.2, 0.25) is 0 Å². The van der Waals surface area contributed by atoms with E-state index in [0.29, 0.717) is 0 Å². The van der Waals surface area contributed by atoms with Gasteiger partial charge in [0.1, 0.15) is 0 Å². The van der Waals surface area contributed by atoms with Gasteiger partial charge in [0.05, 0.1) is 5.52 Å². The molecule has 0 N–H and O–H groups in total. The van der Waals surface area contributed by atoms with Crippen LogP contribution in [-0.2, 0) is 25.9 Å². The van der Waals surface area contributed by atoms with Crippen LogP contribution >= 0.6 is 0 Å². The van der Waals surface area contributed by atoms with Gasteiger partial charge < -0.3 is 9.47 Å². The quantitative estimate of drug-likeness (QED) is 0.672. The first kappa shape index (κ1) is 15.9. The third-order valence-electron chi connectivity index (χ3n) is 6.24. The second kappa shape index (κ2) is 6.15. The Bertz CT molecular complexity index is 965. The van der Waals surface area contributed by atoms with Crippen LogP contribution in [0.2, 0.25) is 0 Å². The Balaban J connectivity index is 1.64. The molecule has 3 aromatic rings. The van der Waals surface area contributed by atoms with Crippen molar-refractivity contribution in [3.8, 4) is 0 Å². The molecule has 134 valence electrons. The van der Waals surface area contributed by atoms with E-state index in [2.05, 4.69) is 53.6 Å². The van der Waals surface area contributed by atoms with E-state index in [9.17, 15) is 0 Å². The highest BCUT2D eigenvalue weighted by Crippen LogP contribution is 2.38. The smallest absolute Gasteiger partial charge is 0.153 e. The zero-order valence-corrected chi connectivity index (χ0v) is 15.8. The van der Waals surface area contributed by atoms with Crippen molar-refractivity contribution in [2.75, 3.05) is 11.4 Å². The summed E-state index contributed by atoms with van der Waals surface area (Å²) in [4.78, 5) is 7.38. The van der Waals surface area contributed by atoms with E-state index in [1.807, 2.05) is 6.20 Å². The van der Waals surface area contributed by atoms with Crippen molar-refractivity contribution in [1.29, 1.82) is 0 Å². The fourth-order valence-electron chi connectivity index (χ4n) is 4.63. The lowest BCUT2D eigenvalue weighted by Crippen LogP contribution is -2.31. The highest BCUT2D eigenvalue weighted by molar-refractivity contribution is 5.93. The number of fused-ring (bicyclic) bond motifs is 2. The van der Waals surface area contributed by atoms with E-state index >= 15 is 0 Å². The lowest BCUT2D eigenvalue weighted by molar-refractivity contribution is 0.619. The van der Waals surface area contributed by atoms with Gasteiger partial charge in [-0.25, -0.2) is 4.98 Å². The number of hydrogen-bond donors (Lipinski definition) is 0. The van der Waals surface area contributed by atoms with Crippen LogP contribution < -0.4 is 4.90 Å². The lowest BCUT2D eigenvalue weighted by atomic mass is 10.00. The van der Waals surface area contributed by atoms with Crippen molar-refractivity contribution in [3.63, 3.8) is 0 Å². The number of hydrogen-bond acceptors (Lipinski definition) is 2. The van der Waals surface area contributed by atoms with Crippen LogP contribution in [0.3, 0.4) is 0 Å². The van der Waals surface area contributed by atoms with Crippen molar-refractivity contribution in [1.82, 2.24) is 9.55 Å². The molecule has 0 bridgehead atoms. The fraction of sp³-hybridized carbons (Fsp3) is 0.435. The van der Waals surface area contributed by atoms with Gasteiger partial charge in [-0.15, -0.1) is 0 Å². The minimum Gasteiger partial charge on any atom is -0.350 e. The summed E-state index contributed by atoms with van der Waals surface area (Å²) in [6, 6.07) is 11.1. The predicted octanol–water partition coefficient (Wildman–Crippen LogP) is 4.88. The number of benzene rings is 1. The molecule has 3 heteroatoms. The van der Waals surface area contributed by atoms with Crippen LogP contribution in [-0.4, -0.2) is 16.1 Å². The van der Waals surface area contributed by atoms with E-state index in [4.69, 9.17) is 4.98 Å². The summed E-state index contributed by atoms with van der Waals surface area (Å²) in [7, 11) is 0. The van der Waals surface area contributed by atoms with Gasteiger partial charge >= 0.3 is 0 Å². The van der Waals surface area contributed by atoms with Crippen molar-refractivity contribution >= 4 is 16.7 Å². The summed E-state index contributed by atoms with van der Waals surface area (Å²) >= 11 is 0. The first-order valence-electron chi connectivity index (χ1n) is 10.0. The normalized spacial score (nSPS) is 16.9. The molecule has 2 aliphatic rings. The molecule has 0 radical (unpaired) electrons. The maximum atomic E-state index is 4.89. The molecule has 1 aliphatic heterocycles. The highest BCUT2D eigenvalue weighted by atomic mass is 15.2. The summed E-state index contributed by atoms with van der Waals surface area (Å²) in [5.74, 6) is 2.05. The molecule has 3 heterocycles. The third kappa shape index (κ3) is 2.53. The van der Waals surface area contributed by atoms with Crippen LogP contribution in [0, 0.1) is 12.8 Å². The van der Waals surface area contributed by atoms with Crippen molar-refractivity contribution < 1.29 is 0 Å². The largest absolute Gasteiger partial charge is 0.350 e. The Morgan fingerprint density at radius 1 is 1.12 bits per heavy atom. The second-order valence-electron chi connectivity index (χ2n) is 7.95. The molecular weight excluding hydrogens is 318 g/mol. The number of anilines is 1. The topological polar surface area (TPSA) is 21.1 Å². The van der Waals surface area contributed by atoms with Gasteiger partial charge in [-0.3, -0.25) is 0 Å². The van der Waals surface area contributed by atoms with Crippen LogP contribution in [0.1, 0.15) is 42.1 Å². The first-order valence-corrected chi connectivity index (χ1v) is 10.0. The monoisotopic (exact) mass is 345 g/mol. The van der Waals surface area contributed by atoms with Gasteiger partial charge in [0.15, 0.2) is 5.82 Å². The Labute approximate surface area is 155 Å². The average Bonchev–Trinajstić information content (AvgIpc) is 3.46. The highest BCUT2D eigenvalue weighted by Gasteiger charge is 2.27. The van der Waals surface area contributed by atoms with E-state index in [1.54, 1.807) is 0 Å². The van der Waals surface area contributed by atoms with Gasteiger partial charge in [0, 0.05) is 36.9 Å². The molecule has 0 amide bonds. The number of rotatable bonds is 4. The van der Waals surface area contributed by atoms with Crippen molar-refractivity contribution in [2.45, 2.75) is 52.6 Å². The number of pyridine rings is 1. The first-order chi connectivity index (χ1) is 12.8. The molecule has 1 aromatic carbocycles. The predicted molar refractivity (Wildman–Crippen MR) is 108 cm³/mol. The molecule has 0 atom stereocenters. The Morgan fingerprint density at radius 2 is 1.92 bits per heavy atom. The van der Waals surface area contributed by atoms with Crippen LogP contribution in [0.25, 0.3) is 10.9 Å². The SMILES string of the molecule is CCc1c(C)c2ccnc(N3CCc4ccccc4C3)c2n1CC1CC1. The van der Waals surface area contributed by atoms with Gasteiger partial charge in [0.25, 0.3) is 0 Å². The van der Waals surface area contributed by atoms with Crippen LogP contribution in [0.15, 0.2) is 36.5 Å². The Kier molecular flexibility index (Phi) is 3.77. The van der Waals surface area contributed by atoms with Gasteiger partial charge in [-0.1, -0.05) is 31.2 Å². The van der Waals surface area contributed by atoms with E-state index < -0.39 is 0 Å². The molecule has 1 saturated carbocycles. The zero-order chi connectivity index (χ0) is 17.7. The Morgan fingerprint density at radius 3 is 2.69 bits per heavy atom. The van der Waals surface area contributed by atoms with Crippen LogP contribution in [0.5, 0.6) is 0 Å². The molecule has 0 spiro atoms. The summed E-state index contributed by atoms with van der Waals surface area (Å²) in [6.45, 7) is 7.76. The molecule has 0 unspecified atom stereocenters. The maximum Gasteiger partial charge on any atom is 0.153 e. The molecule has 5 rings (SSSR count). The molecule has 2 aromatic heterocycles. The molecule has 3 nitrogen and oxygen atoms in total. The van der Waals surface area contributed by atoms with E-state index in [-0.39, 0.29) is 0 Å². The zero-order valence-electron chi connectivity index (χ0n) is 15.8. The molecular formula is C23H27N3. The number of nitrogens with zero attached hydrogens (tertiary/aromatic N) is 3. The third-order valence-corrected chi connectivity index (χ3v) is 6.24. The summed E-state index contributed by atoms with van der Waals surface area (Å²) in [5.41, 5.74) is 7.26. The number of aromatic nitrogens is 2. The summed E-state index contributed by atoms with van der Waals surface area (Å²) in [5, 5.41) is 1.39. The molecule has 1 aliphatic carbocycles. The second-order valence-corrected chi connectivity index (χ2v) is 7.95. The van der Waals surface area contributed by atoms with Gasteiger partial charge in [-0.2, -0.15) is 0 Å². The van der Waals surface area contributed by atoms with Gasteiger partial charge in [-0.05, 0) is 61.3 Å². The van der Waals surface area contributed by atoms with Crippen molar-refractivity contribution in [2.24, 2.45) is 5.92 Å². The number of aryl methyl sites for hydroxylation is 1. The van der Waals surface area contributed by atoms with E-state index in [0.717, 1.165) is 38.4 Å². The van der Waals surface area contributed by atoms with Crippen LogP contribution in [0.4, 0.5) is 5.82 Å². The summed E-state index contributed by atoms with van der Waals surface area (Å²) < 4.78 is 2.60. The Hall–Kier alpha value is -2.29. The van der Waals surface area contributed by atoms with E-state index in [1.165, 1.54) is 51.9 Å². The summed E-state index contributed by atoms with van der Waals surface area (Å²) in [6.07, 6.45) is 6.97.